The molecule has 0 heterocycles. The molecule has 102 valence electrons. The zero-order valence-electron chi connectivity index (χ0n) is 10.2. The molecule has 0 aromatic heterocycles. The van der Waals surface area contributed by atoms with Crippen molar-refractivity contribution >= 4 is 28.9 Å². The molecule has 1 fully saturated rings. The highest BCUT2D eigenvalue weighted by molar-refractivity contribution is 6.56. The Hall–Kier alpha value is -0.800. The molecule has 19 heavy (non-hydrogen) atoms. The SMILES string of the molecule is C[C@@]12CC(C(F)F)[C@@H](C1=C(Cl)Cl)c1c([NH-])cccc12. The lowest BCUT2D eigenvalue weighted by Crippen LogP contribution is -2.24. The molecule has 1 N–H and O–H groups in total. The standard InChI is InChI=1S/C14H12Cl2F2N/c1-14-5-6(13(17)18)9(11(14)12(15)16)10-7(14)3-2-4-8(10)19/h2-4,6,9,13,19H,5H2,1H3/q-1/t6?,9-,14+/m1/s1. The third-order valence-electron chi connectivity index (χ3n) is 4.52. The number of fused-ring (bicyclic) bond motifs is 5. The molecule has 3 atom stereocenters. The Balaban J connectivity index is 2.30. The second kappa shape index (κ2) is 4.10. The summed E-state index contributed by atoms with van der Waals surface area (Å²) in [5, 5.41) is 0. The molecule has 2 bridgehead atoms. The Bertz CT molecular complexity index is 581. The van der Waals surface area contributed by atoms with E-state index in [2.05, 4.69) is 0 Å². The van der Waals surface area contributed by atoms with E-state index >= 15 is 0 Å². The smallest absolute Gasteiger partial charge is 0.242 e. The van der Waals surface area contributed by atoms with E-state index in [9.17, 15) is 8.78 Å². The molecule has 2 aliphatic carbocycles. The Morgan fingerprint density at radius 2 is 2.11 bits per heavy atom. The van der Waals surface area contributed by atoms with Gasteiger partial charge in [0.05, 0.1) is 0 Å². The van der Waals surface area contributed by atoms with Crippen LogP contribution in [0.3, 0.4) is 0 Å². The number of hydrogen-bond donors (Lipinski definition) is 0. The van der Waals surface area contributed by atoms with Crippen LogP contribution in [0.25, 0.3) is 5.73 Å². The number of rotatable bonds is 1. The van der Waals surface area contributed by atoms with Crippen LogP contribution in [0.15, 0.2) is 28.3 Å². The minimum Gasteiger partial charge on any atom is -0.698 e. The summed E-state index contributed by atoms with van der Waals surface area (Å²) in [7, 11) is 0. The predicted molar refractivity (Wildman–Crippen MR) is 73.4 cm³/mol. The maximum atomic E-state index is 13.3. The molecule has 5 heteroatoms. The first-order valence-corrected chi connectivity index (χ1v) is 6.82. The molecule has 0 amide bonds. The Labute approximate surface area is 120 Å². The van der Waals surface area contributed by atoms with Crippen LogP contribution < -0.4 is 0 Å². The number of halogens is 4. The van der Waals surface area contributed by atoms with E-state index in [1.54, 1.807) is 12.1 Å². The van der Waals surface area contributed by atoms with Gasteiger partial charge >= 0.3 is 0 Å². The highest BCUT2D eigenvalue weighted by atomic mass is 35.5. The van der Waals surface area contributed by atoms with E-state index in [4.69, 9.17) is 28.9 Å². The average molecular weight is 303 g/mol. The van der Waals surface area contributed by atoms with Crippen LogP contribution in [0.4, 0.5) is 14.5 Å². The molecule has 1 unspecified atom stereocenters. The van der Waals surface area contributed by atoms with Crippen molar-refractivity contribution in [2.24, 2.45) is 5.92 Å². The van der Waals surface area contributed by atoms with Crippen molar-refractivity contribution in [3.05, 3.63) is 45.1 Å². The molecular formula is C14H12Cl2F2N-. The summed E-state index contributed by atoms with van der Waals surface area (Å²) in [6, 6.07) is 5.31. The molecule has 0 radical (unpaired) electrons. The van der Waals surface area contributed by atoms with Gasteiger partial charge in [-0.05, 0) is 17.6 Å². The third kappa shape index (κ3) is 1.58. The van der Waals surface area contributed by atoms with E-state index in [0.717, 1.165) is 5.56 Å². The number of nitrogens with one attached hydrogen (secondary N) is 1. The fourth-order valence-corrected chi connectivity index (χ4v) is 4.46. The molecule has 1 nitrogen and oxygen atoms in total. The van der Waals surface area contributed by atoms with Crippen molar-refractivity contribution in [3.8, 4) is 0 Å². The summed E-state index contributed by atoms with van der Waals surface area (Å²) in [5.74, 6) is -1.31. The number of hydrogen-bond acceptors (Lipinski definition) is 0. The highest BCUT2D eigenvalue weighted by Gasteiger charge is 2.58. The lowest BCUT2D eigenvalue weighted by atomic mass is 9.76. The third-order valence-corrected chi connectivity index (χ3v) is 4.92. The fourth-order valence-electron chi connectivity index (χ4n) is 3.81. The second-order valence-electron chi connectivity index (χ2n) is 5.45. The van der Waals surface area contributed by atoms with Gasteiger partial charge in [-0.2, -0.15) is 0 Å². The maximum absolute atomic E-state index is 13.3. The minimum absolute atomic E-state index is 0.0752. The van der Waals surface area contributed by atoms with Crippen LogP contribution in [0, 0.1) is 5.92 Å². The molecule has 1 aromatic carbocycles. The lowest BCUT2D eigenvalue weighted by Gasteiger charge is -2.31. The summed E-state index contributed by atoms with van der Waals surface area (Å²) >= 11 is 11.9. The molecule has 0 saturated heterocycles. The summed E-state index contributed by atoms with van der Waals surface area (Å²) in [6.45, 7) is 1.90. The van der Waals surface area contributed by atoms with E-state index in [1.807, 2.05) is 13.0 Å². The van der Waals surface area contributed by atoms with Crippen LogP contribution in [0.1, 0.15) is 30.4 Å². The van der Waals surface area contributed by atoms with Gasteiger partial charge in [-0.15, -0.1) is 5.69 Å². The highest BCUT2D eigenvalue weighted by Crippen LogP contribution is 2.67. The first kappa shape index (κ1) is 13.2. The van der Waals surface area contributed by atoms with Crippen molar-refractivity contribution in [1.29, 1.82) is 0 Å². The molecule has 1 aromatic rings. The number of benzene rings is 1. The van der Waals surface area contributed by atoms with E-state index < -0.39 is 23.7 Å². The monoisotopic (exact) mass is 302 g/mol. The van der Waals surface area contributed by atoms with Gasteiger partial charge in [0.2, 0.25) is 6.43 Å². The second-order valence-corrected chi connectivity index (χ2v) is 6.40. The summed E-state index contributed by atoms with van der Waals surface area (Å²) < 4.78 is 26.6. The van der Waals surface area contributed by atoms with Gasteiger partial charge in [0, 0.05) is 17.3 Å². The van der Waals surface area contributed by atoms with Crippen LogP contribution in [0.5, 0.6) is 0 Å². The van der Waals surface area contributed by atoms with Gasteiger partial charge < -0.3 is 5.73 Å². The molecule has 2 aliphatic rings. The Morgan fingerprint density at radius 3 is 2.68 bits per heavy atom. The molecule has 1 saturated carbocycles. The Morgan fingerprint density at radius 1 is 1.42 bits per heavy atom. The van der Waals surface area contributed by atoms with Gasteiger partial charge in [0.15, 0.2) is 0 Å². The van der Waals surface area contributed by atoms with Gasteiger partial charge in [0.1, 0.15) is 4.49 Å². The van der Waals surface area contributed by atoms with Gasteiger partial charge in [-0.25, -0.2) is 8.78 Å². The number of allylic oxidation sites excluding steroid dienone is 1. The zero-order valence-corrected chi connectivity index (χ0v) is 11.7. The minimum atomic E-state index is -2.43. The molecule has 0 aliphatic heterocycles. The van der Waals surface area contributed by atoms with Crippen LogP contribution in [0.2, 0.25) is 0 Å². The van der Waals surface area contributed by atoms with Crippen LogP contribution in [-0.4, -0.2) is 6.43 Å². The molecular weight excluding hydrogens is 291 g/mol. The van der Waals surface area contributed by atoms with Crippen molar-refractivity contribution in [2.75, 3.05) is 0 Å². The van der Waals surface area contributed by atoms with Crippen LogP contribution in [-0.2, 0) is 5.41 Å². The first-order valence-electron chi connectivity index (χ1n) is 6.06. The van der Waals surface area contributed by atoms with Crippen molar-refractivity contribution in [2.45, 2.75) is 31.1 Å². The van der Waals surface area contributed by atoms with Gasteiger partial charge in [-0.3, -0.25) is 0 Å². The Kier molecular flexibility index (Phi) is 2.84. The predicted octanol–water partition coefficient (Wildman–Crippen LogP) is 5.70. The van der Waals surface area contributed by atoms with Crippen LogP contribution >= 0.6 is 23.2 Å². The van der Waals surface area contributed by atoms with Gasteiger partial charge in [0.25, 0.3) is 0 Å². The normalized spacial score (nSPS) is 32.0. The zero-order chi connectivity index (χ0) is 13.9. The average Bonchev–Trinajstić information content (AvgIpc) is 2.76. The van der Waals surface area contributed by atoms with E-state index in [1.165, 1.54) is 0 Å². The summed E-state index contributed by atoms with van der Waals surface area (Å²) in [6.07, 6.45) is -2.09. The van der Waals surface area contributed by atoms with E-state index in [-0.39, 0.29) is 4.49 Å². The topological polar surface area (TPSA) is 23.8 Å². The number of alkyl halides is 2. The van der Waals surface area contributed by atoms with Crippen molar-refractivity contribution in [1.82, 2.24) is 0 Å². The molecule has 0 spiro atoms. The van der Waals surface area contributed by atoms with E-state index in [0.29, 0.717) is 23.2 Å². The first-order chi connectivity index (χ1) is 8.88. The lowest BCUT2D eigenvalue weighted by molar-refractivity contribution is 0.0673. The molecule has 3 rings (SSSR count). The maximum Gasteiger partial charge on any atom is 0.242 e. The van der Waals surface area contributed by atoms with Crippen molar-refractivity contribution in [3.63, 3.8) is 0 Å². The summed E-state index contributed by atoms with van der Waals surface area (Å²) in [5.41, 5.74) is 10.0. The summed E-state index contributed by atoms with van der Waals surface area (Å²) in [4.78, 5) is 0. The largest absolute Gasteiger partial charge is 0.698 e. The quantitative estimate of drug-likeness (QED) is 0.635. The van der Waals surface area contributed by atoms with Gasteiger partial charge in [-0.1, -0.05) is 53.9 Å². The van der Waals surface area contributed by atoms with Crippen molar-refractivity contribution < 1.29 is 8.78 Å². The fraction of sp³-hybridized carbons (Fsp3) is 0.429.